The Kier molecular flexibility index (Phi) is 4.34. The first kappa shape index (κ1) is 25.0. The summed E-state index contributed by atoms with van der Waals surface area (Å²) in [6.45, 7) is -0.203. The van der Waals surface area contributed by atoms with Crippen LogP contribution in [0, 0.1) is 0 Å². The zero-order valence-corrected chi connectivity index (χ0v) is 26.7. The Morgan fingerprint density at radius 3 is 1.24 bits per heavy atom. The SMILES string of the molecule is c1ccc2c(c1)Oc1cccc3c1B1N2c2sc4c(c2N1c1ccccc1-3)N1B2c3c(cccc3-c3ccccc31)Oc1ccccc1N24. The first-order valence-corrected chi connectivity index (χ1v) is 17.5. The molecule has 0 amide bonds. The lowest BCUT2D eigenvalue weighted by Gasteiger charge is -2.38. The van der Waals surface area contributed by atoms with Crippen molar-refractivity contribution in [2.45, 2.75) is 0 Å². The number of nitrogens with zero attached hydrogens (tertiary/aromatic N) is 4. The lowest BCUT2D eigenvalue weighted by atomic mass is 9.58. The minimum atomic E-state index is -0.102. The summed E-state index contributed by atoms with van der Waals surface area (Å²) in [5.74, 6) is 3.55. The van der Waals surface area contributed by atoms with E-state index < -0.39 is 0 Å². The van der Waals surface area contributed by atoms with Gasteiger partial charge in [0.1, 0.15) is 33.0 Å². The highest BCUT2D eigenvalue weighted by atomic mass is 32.1. The van der Waals surface area contributed by atoms with Crippen molar-refractivity contribution in [3.63, 3.8) is 0 Å². The maximum Gasteiger partial charge on any atom is 0.426 e. The van der Waals surface area contributed by atoms with Crippen LogP contribution in [0.4, 0.5) is 44.1 Å². The Hall–Kier alpha value is -6.05. The number of hydrogen-bond donors (Lipinski definition) is 0. The van der Waals surface area contributed by atoms with Gasteiger partial charge in [0.2, 0.25) is 0 Å². The number of fused-ring (bicyclic) bond motifs is 17. The van der Waals surface area contributed by atoms with Crippen molar-refractivity contribution in [2.75, 3.05) is 19.2 Å². The molecule has 13 rings (SSSR count). The van der Waals surface area contributed by atoms with Crippen molar-refractivity contribution in [1.82, 2.24) is 0 Å². The normalized spacial score (nSPS) is 15.4. The second-order valence-corrected chi connectivity index (χ2v) is 14.2. The molecule has 6 aromatic carbocycles. The summed E-state index contributed by atoms with van der Waals surface area (Å²) in [6, 6.07) is 47.7. The molecule has 9 heteroatoms. The zero-order chi connectivity index (χ0) is 31.5. The predicted octanol–water partition coefficient (Wildman–Crippen LogP) is 9.29. The van der Waals surface area contributed by atoms with Crippen LogP contribution >= 0.6 is 11.3 Å². The van der Waals surface area contributed by atoms with Crippen LogP contribution < -0.4 is 39.6 Å². The lowest BCUT2D eigenvalue weighted by Crippen LogP contribution is -2.56. The fourth-order valence-electron chi connectivity index (χ4n) is 9.17. The molecule has 0 bridgehead atoms. The minimum Gasteiger partial charge on any atom is -0.456 e. The zero-order valence-electron chi connectivity index (χ0n) is 25.9. The predicted molar refractivity (Wildman–Crippen MR) is 200 cm³/mol. The molecule has 6 aliphatic heterocycles. The fourth-order valence-corrected chi connectivity index (χ4v) is 10.5. The van der Waals surface area contributed by atoms with Gasteiger partial charge in [-0.15, -0.1) is 0 Å². The third-order valence-corrected chi connectivity index (χ3v) is 12.1. The van der Waals surface area contributed by atoms with E-state index in [1.54, 1.807) is 0 Å². The highest BCUT2D eigenvalue weighted by molar-refractivity contribution is 7.25. The van der Waals surface area contributed by atoms with E-state index in [-0.39, 0.29) is 14.0 Å². The van der Waals surface area contributed by atoms with E-state index in [0.717, 1.165) is 34.4 Å². The molecule has 0 atom stereocenters. The molecule has 7 heterocycles. The molecule has 0 fully saturated rings. The van der Waals surface area contributed by atoms with E-state index in [9.17, 15) is 0 Å². The van der Waals surface area contributed by atoms with Crippen molar-refractivity contribution >= 4 is 80.4 Å². The number of para-hydroxylation sites is 6. The molecule has 6 nitrogen and oxygen atoms in total. The second-order valence-electron chi connectivity index (χ2n) is 13.2. The molecule has 0 saturated carbocycles. The van der Waals surface area contributed by atoms with Crippen LogP contribution in [0.15, 0.2) is 133 Å². The summed E-state index contributed by atoms with van der Waals surface area (Å²) in [4.78, 5) is 10.2. The van der Waals surface area contributed by atoms with Gasteiger partial charge >= 0.3 is 14.0 Å². The summed E-state index contributed by atoms with van der Waals surface area (Å²) in [5, 5.41) is 2.42. The highest BCUT2D eigenvalue weighted by Gasteiger charge is 2.59. The summed E-state index contributed by atoms with van der Waals surface area (Å²) in [6.07, 6.45) is 0. The first-order chi connectivity index (χ1) is 24.3. The number of ether oxygens (including phenoxy) is 2. The molecule has 0 saturated heterocycles. The lowest BCUT2D eigenvalue weighted by molar-refractivity contribution is 0.489. The minimum absolute atomic E-state index is 0.102. The third kappa shape index (κ3) is 2.82. The molecule has 226 valence electrons. The van der Waals surface area contributed by atoms with Crippen LogP contribution in [0.1, 0.15) is 0 Å². The van der Waals surface area contributed by atoms with Gasteiger partial charge in [-0.25, -0.2) is 0 Å². The van der Waals surface area contributed by atoms with Crippen LogP contribution in [-0.2, 0) is 0 Å². The van der Waals surface area contributed by atoms with Gasteiger partial charge in [-0.2, -0.15) is 0 Å². The van der Waals surface area contributed by atoms with E-state index in [0.29, 0.717) is 0 Å². The number of benzene rings is 6. The van der Waals surface area contributed by atoms with Gasteiger partial charge in [-0.1, -0.05) is 96.3 Å². The Morgan fingerprint density at radius 1 is 0.367 bits per heavy atom. The number of rotatable bonds is 0. The molecule has 0 spiro atoms. The molecule has 0 aliphatic carbocycles. The average molecular weight is 644 g/mol. The van der Waals surface area contributed by atoms with Crippen LogP contribution in [0.3, 0.4) is 0 Å². The van der Waals surface area contributed by atoms with Crippen LogP contribution in [-0.4, -0.2) is 14.0 Å². The van der Waals surface area contributed by atoms with Gasteiger partial charge in [-0.3, -0.25) is 0 Å². The monoisotopic (exact) mass is 644 g/mol. The molecular weight excluding hydrogens is 622 g/mol. The largest absolute Gasteiger partial charge is 0.456 e. The quantitative estimate of drug-likeness (QED) is 0.153. The summed E-state index contributed by atoms with van der Waals surface area (Å²) >= 11 is 1.87. The first-order valence-electron chi connectivity index (χ1n) is 16.7. The third-order valence-electron chi connectivity index (χ3n) is 11.0. The summed E-state index contributed by atoms with van der Waals surface area (Å²) < 4.78 is 13.6. The molecule has 49 heavy (non-hydrogen) atoms. The van der Waals surface area contributed by atoms with E-state index in [1.807, 2.05) is 11.3 Å². The Labute approximate surface area is 286 Å². The van der Waals surface area contributed by atoms with E-state index >= 15 is 0 Å². The molecule has 6 aliphatic rings. The summed E-state index contributed by atoms with van der Waals surface area (Å²) in [7, 11) is 0. The second kappa shape index (κ2) is 8.50. The number of hydrogen-bond acceptors (Lipinski definition) is 7. The highest BCUT2D eigenvalue weighted by Crippen LogP contribution is 2.69. The van der Waals surface area contributed by atoms with Crippen LogP contribution in [0.2, 0.25) is 0 Å². The summed E-state index contributed by atoms with van der Waals surface area (Å²) in [5.41, 5.74) is 14.3. The molecule has 0 unspecified atom stereocenters. The van der Waals surface area contributed by atoms with Crippen molar-refractivity contribution in [1.29, 1.82) is 0 Å². The van der Waals surface area contributed by atoms with Crippen molar-refractivity contribution in [3.8, 4) is 45.3 Å². The van der Waals surface area contributed by atoms with Crippen molar-refractivity contribution < 1.29 is 9.47 Å². The molecule has 0 radical (unpaired) electrons. The van der Waals surface area contributed by atoms with Gasteiger partial charge in [0.25, 0.3) is 0 Å². The van der Waals surface area contributed by atoms with Crippen LogP contribution in [0.25, 0.3) is 22.3 Å². The van der Waals surface area contributed by atoms with E-state index in [2.05, 4.69) is 153 Å². The average Bonchev–Trinajstić information content (AvgIpc) is 3.71. The molecule has 7 aromatic rings. The topological polar surface area (TPSA) is 31.4 Å². The Balaban J connectivity index is 1.18. The van der Waals surface area contributed by atoms with E-state index in [1.165, 1.54) is 65.9 Å². The van der Waals surface area contributed by atoms with Gasteiger partial charge in [0.05, 0.1) is 22.7 Å². The molecule has 1 aromatic heterocycles. The van der Waals surface area contributed by atoms with Gasteiger partial charge in [0, 0.05) is 33.4 Å². The maximum absolute atomic E-state index is 6.79. The standard InChI is InChI=1S/C40H22B2N4O2S/c1-3-15-27-23(11-1)25-13-9-21-33-35(25)41-43(27)37-38-40(49-39(37)45(41)29-17-5-7-19-31(29)47-33)46-30-18-6-8-20-32(30)48-34-22-10-14-26-24-12-2-4-16-28(24)44(38)42(46)36(26)34/h1-22H. The van der Waals surface area contributed by atoms with Gasteiger partial charge in [-0.05, 0) is 59.7 Å². The Bertz CT molecular complexity index is 2480. The number of anilines is 8. The van der Waals surface area contributed by atoms with Gasteiger partial charge < -0.3 is 28.7 Å². The van der Waals surface area contributed by atoms with Crippen molar-refractivity contribution in [3.05, 3.63) is 133 Å². The molecule has 0 N–H and O–H groups in total. The Morgan fingerprint density at radius 2 is 0.755 bits per heavy atom. The van der Waals surface area contributed by atoms with Crippen LogP contribution in [0.5, 0.6) is 23.0 Å². The van der Waals surface area contributed by atoms with E-state index in [4.69, 9.17) is 9.47 Å². The maximum atomic E-state index is 6.79. The smallest absolute Gasteiger partial charge is 0.426 e. The van der Waals surface area contributed by atoms with Gasteiger partial charge in [0.15, 0.2) is 0 Å². The fraction of sp³-hybridized carbons (Fsp3) is 0. The van der Waals surface area contributed by atoms with Crippen molar-refractivity contribution in [2.24, 2.45) is 0 Å². The number of thiophene rings is 1. The molecular formula is C40H22B2N4O2S.